The Labute approximate surface area is 104 Å². The zero-order valence-corrected chi connectivity index (χ0v) is 11.5. The number of rotatable bonds is 6. The van der Waals surface area contributed by atoms with Gasteiger partial charge in [-0.2, -0.15) is 0 Å². The van der Waals surface area contributed by atoms with Crippen LogP contribution in [0.4, 0.5) is 0 Å². The van der Waals surface area contributed by atoms with E-state index in [9.17, 15) is 0 Å². The van der Waals surface area contributed by atoms with E-state index in [1.165, 1.54) is 22.3 Å². The predicted octanol–water partition coefficient (Wildman–Crippen LogP) is 2.32. The van der Waals surface area contributed by atoms with Crippen LogP contribution in [0.1, 0.15) is 22.3 Å². The van der Waals surface area contributed by atoms with Crippen molar-refractivity contribution in [2.75, 3.05) is 20.8 Å². The number of benzene rings is 1. The van der Waals surface area contributed by atoms with Crippen LogP contribution in [0.3, 0.4) is 0 Å². The fraction of sp³-hybridized carbons (Fsp3) is 0.571. The van der Waals surface area contributed by atoms with Crippen molar-refractivity contribution in [3.05, 3.63) is 34.4 Å². The standard InChI is InChI=1S/C14H23NO2/c1-10-6-12(3)13(7-11(10)2)8-15-9-14(16-4)17-5/h6-7,14-15H,8-9H2,1-5H3. The monoisotopic (exact) mass is 237 g/mol. The third-order valence-corrected chi connectivity index (χ3v) is 3.10. The highest BCUT2D eigenvalue weighted by atomic mass is 16.7. The van der Waals surface area contributed by atoms with Gasteiger partial charge >= 0.3 is 0 Å². The number of hydrogen-bond acceptors (Lipinski definition) is 3. The SMILES string of the molecule is COC(CNCc1cc(C)c(C)cc1C)OC. The zero-order valence-electron chi connectivity index (χ0n) is 11.5. The Morgan fingerprint density at radius 3 is 2.18 bits per heavy atom. The van der Waals surface area contributed by atoms with Gasteiger partial charge in [0.2, 0.25) is 0 Å². The van der Waals surface area contributed by atoms with Gasteiger partial charge in [-0.25, -0.2) is 0 Å². The molecule has 1 N–H and O–H groups in total. The Bertz CT molecular complexity index is 359. The number of ether oxygens (including phenoxy) is 2. The predicted molar refractivity (Wildman–Crippen MR) is 70.2 cm³/mol. The van der Waals surface area contributed by atoms with Crippen molar-refractivity contribution in [2.24, 2.45) is 0 Å². The van der Waals surface area contributed by atoms with Gasteiger partial charge in [0.05, 0.1) is 0 Å². The fourth-order valence-corrected chi connectivity index (χ4v) is 1.80. The van der Waals surface area contributed by atoms with Crippen molar-refractivity contribution in [1.82, 2.24) is 5.32 Å². The summed E-state index contributed by atoms with van der Waals surface area (Å²) in [5.41, 5.74) is 5.34. The highest BCUT2D eigenvalue weighted by Gasteiger charge is 2.05. The minimum Gasteiger partial charge on any atom is -0.355 e. The van der Waals surface area contributed by atoms with Gasteiger partial charge in [-0.05, 0) is 43.0 Å². The molecule has 0 aliphatic heterocycles. The summed E-state index contributed by atoms with van der Waals surface area (Å²) >= 11 is 0. The number of methoxy groups -OCH3 is 2. The van der Waals surface area contributed by atoms with Crippen molar-refractivity contribution in [3.8, 4) is 0 Å². The van der Waals surface area contributed by atoms with Gasteiger partial charge in [0.15, 0.2) is 6.29 Å². The lowest BCUT2D eigenvalue weighted by atomic mass is 10.0. The van der Waals surface area contributed by atoms with Gasteiger partial charge in [-0.1, -0.05) is 12.1 Å². The minimum atomic E-state index is -0.179. The number of nitrogens with one attached hydrogen (secondary N) is 1. The largest absolute Gasteiger partial charge is 0.355 e. The maximum Gasteiger partial charge on any atom is 0.169 e. The first kappa shape index (κ1) is 14.2. The second-order valence-electron chi connectivity index (χ2n) is 4.39. The molecule has 0 aliphatic rings. The summed E-state index contributed by atoms with van der Waals surface area (Å²) in [5, 5.41) is 3.34. The second kappa shape index (κ2) is 6.74. The van der Waals surface area contributed by atoms with Crippen LogP contribution in [-0.2, 0) is 16.0 Å². The van der Waals surface area contributed by atoms with Crippen LogP contribution in [-0.4, -0.2) is 27.1 Å². The first-order chi connectivity index (χ1) is 8.08. The summed E-state index contributed by atoms with van der Waals surface area (Å²) in [5.74, 6) is 0. The molecule has 0 unspecified atom stereocenters. The lowest BCUT2D eigenvalue weighted by molar-refractivity contribution is -0.0989. The van der Waals surface area contributed by atoms with Crippen LogP contribution >= 0.6 is 0 Å². The van der Waals surface area contributed by atoms with E-state index in [2.05, 4.69) is 38.2 Å². The molecule has 0 saturated carbocycles. The first-order valence-corrected chi connectivity index (χ1v) is 5.91. The molecular weight excluding hydrogens is 214 g/mol. The summed E-state index contributed by atoms with van der Waals surface area (Å²) in [4.78, 5) is 0. The molecule has 0 bridgehead atoms. The van der Waals surface area contributed by atoms with Gasteiger partial charge in [-0.15, -0.1) is 0 Å². The highest BCUT2D eigenvalue weighted by molar-refractivity contribution is 5.36. The summed E-state index contributed by atoms with van der Waals surface area (Å²) in [6.45, 7) is 7.97. The molecule has 0 heterocycles. The lowest BCUT2D eigenvalue weighted by Gasteiger charge is -2.15. The molecule has 96 valence electrons. The molecule has 0 spiro atoms. The molecule has 1 aromatic rings. The van der Waals surface area contributed by atoms with Crippen LogP contribution in [0, 0.1) is 20.8 Å². The van der Waals surface area contributed by atoms with Gasteiger partial charge in [0.1, 0.15) is 0 Å². The van der Waals surface area contributed by atoms with E-state index < -0.39 is 0 Å². The molecule has 0 saturated heterocycles. The second-order valence-corrected chi connectivity index (χ2v) is 4.39. The Kier molecular flexibility index (Phi) is 5.62. The van der Waals surface area contributed by atoms with E-state index in [0.29, 0.717) is 6.54 Å². The average Bonchev–Trinajstić information content (AvgIpc) is 2.31. The van der Waals surface area contributed by atoms with E-state index in [0.717, 1.165) is 6.54 Å². The lowest BCUT2D eigenvalue weighted by Crippen LogP contribution is -2.29. The fourth-order valence-electron chi connectivity index (χ4n) is 1.80. The van der Waals surface area contributed by atoms with Crippen LogP contribution in [0.15, 0.2) is 12.1 Å². The topological polar surface area (TPSA) is 30.5 Å². The van der Waals surface area contributed by atoms with E-state index in [4.69, 9.17) is 9.47 Å². The molecule has 0 fully saturated rings. The molecule has 0 aromatic heterocycles. The molecular formula is C14H23NO2. The van der Waals surface area contributed by atoms with E-state index in [1.807, 2.05) is 0 Å². The molecule has 3 heteroatoms. The minimum absolute atomic E-state index is 0.179. The summed E-state index contributed by atoms with van der Waals surface area (Å²) in [6, 6.07) is 4.47. The number of hydrogen-bond donors (Lipinski definition) is 1. The Hall–Kier alpha value is -0.900. The average molecular weight is 237 g/mol. The molecule has 1 rings (SSSR count). The molecule has 3 nitrogen and oxygen atoms in total. The normalized spacial score (nSPS) is 11.2. The van der Waals surface area contributed by atoms with Crippen LogP contribution < -0.4 is 5.32 Å². The Morgan fingerprint density at radius 1 is 1.00 bits per heavy atom. The summed E-state index contributed by atoms with van der Waals surface area (Å²) in [7, 11) is 3.30. The molecule has 0 atom stereocenters. The van der Waals surface area contributed by atoms with Crippen molar-refractivity contribution < 1.29 is 9.47 Å². The first-order valence-electron chi connectivity index (χ1n) is 5.91. The van der Waals surface area contributed by atoms with Crippen molar-refractivity contribution in [1.29, 1.82) is 0 Å². The van der Waals surface area contributed by atoms with Gasteiger partial charge in [0.25, 0.3) is 0 Å². The van der Waals surface area contributed by atoms with E-state index >= 15 is 0 Å². The summed E-state index contributed by atoms with van der Waals surface area (Å²) in [6.07, 6.45) is -0.179. The van der Waals surface area contributed by atoms with Gasteiger partial charge < -0.3 is 14.8 Å². The highest BCUT2D eigenvalue weighted by Crippen LogP contribution is 2.15. The molecule has 1 aromatic carbocycles. The Balaban J connectivity index is 2.55. The molecule has 0 radical (unpaired) electrons. The van der Waals surface area contributed by atoms with Crippen molar-refractivity contribution in [2.45, 2.75) is 33.6 Å². The van der Waals surface area contributed by atoms with Crippen LogP contribution in [0.25, 0.3) is 0 Å². The quantitative estimate of drug-likeness (QED) is 0.770. The number of aryl methyl sites for hydroxylation is 3. The van der Waals surface area contributed by atoms with Crippen LogP contribution in [0.2, 0.25) is 0 Å². The van der Waals surface area contributed by atoms with E-state index in [-0.39, 0.29) is 6.29 Å². The van der Waals surface area contributed by atoms with Gasteiger partial charge in [0, 0.05) is 27.3 Å². The van der Waals surface area contributed by atoms with Crippen molar-refractivity contribution in [3.63, 3.8) is 0 Å². The zero-order chi connectivity index (χ0) is 12.8. The molecule has 0 amide bonds. The van der Waals surface area contributed by atoms with Gasteiger partial charge in [-0.3, -0.25) is 0 Å². The Morgan fingerprint density at radius 2 is 1.59 bits per heavy atom. The van der Waals surface area contributed by atoms with Crippen molar-refractivity contribution >= 4 is 0 Å². The maximum atomic E-state index is 5.13. The molecule has 0 aliphatic carbocycles. The molecule has 17 heavy (non-hydrogen) atoms. The third kappa shape index (κ3) is 4.11. The van der Waals surface area contributed by atoms with E-state index in [1.54, 1.807) is 14.2 Å². The summed E-state index contributed by atoms with van der Waals surface area (Å²) < 4.78 is 10.3. The van der Waals surface area contributed by atoms with Crippen LogP contribution in [0.5, 0.6) is 0 Å². The third-order valence-electron chi connectivity index (χ3n) is 3.10. The maximum absolute atomic E-state index is 5.13. The smallest absolute Gasteiger partial charge is 0.169 e.